The number of hydrogen-bond acceptors (Lipinski definition) is 6. The van der Waals surface area contributed by atoms with Crippen molar-refractivity contribution in [3.05, 3.63) is 39.8 Å². The van der Waals surface area contributed by atoms with E-state index in [1.54, 1.807) is 6.08 Å². The van der Waals surface area contributed by atoms with Crippen LogP contribution in [0.4, 0.5) is 5.69 Å². The molecule has 0 aliphatic carbocycles. The Bertz CT molecular complexity index is 794. The van der Waals surface area contributed by atoms with Gasteiger partial charge in [0.25, 0.3) is 5.91 Å². The highest BCUT2D eigenvalue weighted by Crippen LogP contribution is 2.45. The van der Waals surface area contributed by atoms with Crippen molar-refractivity contribution < 1.29 is 19.0 Å². The van der Waals surface area contributed by atoms with Crippen molar-refractivity contribution in [2.45, 2.75) is 24.9 Å². The van der Waals surface area contributed by atoms with Gasteiger partial charge in [0.2, 0.25) is 0 Å². The first-order valence-electron chi connectivity index (χ1n) is 7.70. The Morgan fingerprint density at radius 1 is 1.42 bits per heavy atom. The molecule has 1 N–H and O–H groups in total. The normalized spacial score (nSPS) is 25.4. The van der Waals surface area contributed by atoms with Gasteiger partial charge in [-0.2, -0.15) is 0 Å². The van der Waals surface area contributed by atoms with Gasteiger partial charge in [0.1, 0.15) is 5.75 Å². The minimum atomic E-state index is -1.13. The summed E-state index contributed by atoms with van der Waals surface area (Å²) >= 11 is 0. The fourth-order valence-corrected chi connectivity index (χ4v) is 3.28. The van der Waals surface area contributed by atoms with Crippen molar-refractivity contribution >= 4 is 17.5 Å². The molecule has 1 fully saturated rings. The van der Waals surface area contributed by atoms with Gasteiger partial charge in [-0.1, -0.05) is 11.2 Å². The molecule has 8 heteroatoms. The lowest BCUT2D eigenvalue weighted by atomic mass is 9.92. The number of rotatable bonds is 3. The van der Waals surface area contributed by atoms with Gasteiger partial charge in [0.15, 0.2) is 11.4 Å². The molecule has 8 nitrogen and oxygen atoms in total. The number of anilines is 1. The van der Waals surface area contributed by atoms with Crippen molar-refractivity contribution in [2.24, 2.45) is 5.11 Å². The minimum absolute atomic E-state index is 0.0322. The number of nitrogens with zero attached hydrogens (tertiary/aromatic N) is 3. The number of carbonyl (C=O) groups excluding carboxylic acids is 1. The van der Waals surface area contributed by atoms with Crippen LogP contribution in [0.25, 0.3) is 16.5 Å². The highest BCUT2D eigenvalue weighted by molar-refractivity contribution is 5.89. The largest absolute Gasteiger partial charge is 0.478 e. The van der Waals surface area contributed by atoms with E-state index in [2.05, 4.69) is 15.3 Å². The van der Waals surface area contributed by atoms with E-state index < -0.39 is 11.5 Å². The maximum atomic E-state index is 12.1. The first-order chi connectivity index (χ1) is 11.6. The molecule has 3 heterocycles. The predicted octanol–water partition coefficient (Wildman–Crippen LogP) is 2.40. The number of benzene rings is 1. The molecule has 1 aromatic carbocycles. The second-order valence-corrected chi connectivity index (χ2v) is 6.06. The molecule has 3 aliphatic heterocycles. The molecule has 124 valence electrons. The lowest BCUT2D eigenvalue weighted by molar-refractivity contribution is -0.130. The summed E-state index contributed by atoms with van der Waals surface area (Å²) in [6, 6.07) is 3.82. The number of hydrogen-bond donors (Lipinski definition) is 1. The van der Waals surface area contributed by atoms with E-state index >= 15 is 0 Å². The fraction of sp³-hybridized carbons (Fsp3) is 0.438. The van der Waals surface area contributed by atoms with Crippen molar-refractivity contribution in [1.29, 1.82) is 0 Å². The van der Waals surface area contributed by atoms with Crippen LogP contribution >= 0.6 is 0 Å². The average molecular weight is 328 g/mol. The zero-order valence-electron chi connectivity index (χ0n) is 13.1. The smallest absolute Gasteiger partial charge is 0.271 e. The number of Topliss-reactive ketones (excluding diaryl/α,β-unsaturated/α-hetero) is 1. The van der Waals surface area contributed by atoms with Crippen LogP contribution < -0.4 is 10.1 Å². The van der Waals surface area contributed by atoms with Crippen LogP contribution in [0, 0.1) is 0 Å². The monoisotopic (exact) mass is 328 g/mol. The topological polar surface area (TPSA) is 106 Å². The number of azide groups is 1. The van der Waals surface area contributed by atoms with Gasteiger partial charge in [-0.3, -0.25) is 4.79 Å². The van der Waals surface area contributed by atoms with Crippen molar-refractivity contribution in [3.63, 3.8) is 0 Å². The second-order valence-electron chi connectivity index (χ2n) is 6.06. The van der Waals surface area contributed by atoms with Crippen LogP contribution in [-0.2, 0) is 20.7 Å². The molecule has 4 rings (SSSR count). The SMILES string of the molecule is CC(=O)C1(CN=[N+]=[N-])Cc2ccc3c(c2O1)C=CC1(N3)OCCO1. The van der Waals surface area contributed by atoms with Gasteiger partial charge in [0, 0.05) is 22.6 Å². The zero-order chi connectivity index (χ0) is 16.8. The minimum Gasteiger partial charge on any atom is -0.478 e. The van der Waals surface area contributed by atoms with Gasteiger partial charge < -0.3 is 19.5 Å². The Hall–Kier alpha value is -2.54. The molecule has 0 radical (unpaired) electrons. The summed E-state index contributed by atoms with van der Waals surface area (Å²) in [6.07, 6.45) is 4.06. The molecular formula is C16H16N4O4. The van der Waals surface area contributed by atoms with E-state index in [1.807, 2.05) is 18.2 Å². The van der Waals surface area contributed by atoms with E-state index in [-0.39, 0.29) is 12.3 Å². The first-order valence-corrected chi connectivity index (χ1v) is 7.70. The van der Waals surface area contributed by atoms with Crippen LogP contribution in [0.15, 0.2) is 23.3 Å². The molecule has 0 saturated carbocycles. The van der Waals surface area contributed by atoms with E-state index in [0.717, 1.165) is 16.8 Å². The van der Waals surface area contributed by atoms with Crippen LogP contribution in [0.2, 0.25) is 0 Å². The van der Waals surface area contributed by atoms with Crippen LogP contribution in [-0.4, -0.2) is 37.1 Å². The number of nitrogens with one attached hydrogen (secondary N) is 1. The maximum absolute atomic E-state index is 12.1. The molecule has 1 atom stereocenters. The highest BCUT2D eigenvalue weighted by Gasteiger charge is 2.45. The third kappa shape index (κ3) is 2.16. The van der Waals surface area contributed by atoms with Crippen LogP contribution in [0.3, 0.4) is 0 Å². The zero-order valence-corrected chi connectivity index (χ0v) is 13.1. The average Bonchev–Trinajstić information content (AvgIpc) is 3.18. The maximum Gasteiger partial charge on any atom is 0.271 e. The van der Waals surface area contributed by atoms with E-state index in [0.29, 0.717) is 25.4 Å². The second kappa shape index (κ2) is 5.24. The number of ketones is 1. The molecule has 1 aromatic rings. The standard InChI is InChI=1S/C16H16N4O4/c1-10(21)15(9-18-20-17)8-11-2-3-13-12(14(11)24-15)4-5-16(19-13)22-6-7-23-16/h2-5,19H,6-9H2,1H3. The third-order valence-corrected chi connectivity index (χ3v) is 4.58. The van der Waals surface area contributed by atoms with E-state index in [4.69, 9.17) is 19.7 Å². The Morgan fingerprint density at radius 2 is 2.21 bits per heavy atom. The summed E-state index contributed by atoms with van der Waals surface area (Å²) in [5.74, 6) is -0.457. The highest BCUT2D eigenvalue weighted by atomic mass is 16.8. The van der Waals surface area contributed by atoms with Crippen LogP contribution in [0.5, 0.6) is 5.75 Å². The third-order valence-electron chi connectivity index (χ3n) is 4.58. The number of ether oxygens (including phenoxy) is 3. The molecule has 0 aromatic heterocycles. The number of fused-ring (bicyclic) bond motifs is 3. The molecule has 24 heavy (non-hydrogen) atoms. The van der Waals surface area contributed by atoms with E-state index in [9.17, 15) is 4.79 Å². The summed E-state index contributed by atoms with van der Waals surface area (Å²) in [6.45, 7) is 2.46. The quantitative estimate of drug-likeness (QED) is 0.521. The van der Waals surface area contributed by atoms with E-state index in [1.165, 1.54) is 6.92 Å². The van der Waals surface area contributed by atoms with Crippen molar-refractivity contribution in [3.8, 4) is 5.75 Å². The molecule has 0 amide bonds. The molecule has 1 unspecified atom stereocenters. The first kappa shape index (κ1) is 15.0. The summed E-state index contributed by atoms with van der Waals surface area (Å²) in [4.78, 5) is 14.9. The van der Waals surface area contributed by atoms with Crippen molar-refractivity contribution in [1.82, 2.24) is 0 Å². The molecule has 1 spiro atoms. The Morgan fingerprint density at radius 3 is 2.92 bits per heavy atom. The Labute approximate surface area is 138 Å². The van der Waals surface area contributed by atoms with Crippen LogP contribution in [0.1, 0.15) is 18.1 Å². The molecular weight excluding hydrogens is 312 g/mol. The van der Waals surface area contributed by atoms with Gasteiger partial charge in [-0.05, 0) is 36.2 Å². The summed E-state index contributed by atoms with van der Waals surface area (Å²) < 4.78 is 17.3. The summed E-state index contributed by atoms with van der Waals surface area (Å²) in [5.41, 5.74) is 10.0. The lowest BCUT2D eigenvalue weighted by Gasteiger charge is -2.31. The Balaban J connectivity index is 1.72. The van der Waals surface area contributed by atoms with Gasteiger partial charge in [-0.25, -0.2) is 0 Å². The van der Waals surface area contributed by atoms with Gasteiger partial charge in [0.05, 0.1) is 19.8 Å². The predicted molar refractivity (Wildman–Crippen MR) is 85.5 cm³/mol. The fourth-order valence-electron chi connectivity index (χ4n) is 3.28. The Kier molecular flexibility index (Phi) is 3.28. The number of carbonyl (C=O) groups is 1. The molecule has 3 aliphatic rings. The lowest BCUT2D eigenvalue weighted by Crippen LogP contribution is -2.45. The summed E-state index contributed by atoms with van der Waals surface area (Å²) in [5, 5.41) is 6.78. The van der Waals surface area contributed by atoms with Crippen molar-refractivity contribution in [2.75, 3.05) is 25.1 Å². The summed E-state index contributed by atoms with van der Waals surface area (Å²) in [7, 11) is 0. The van der Waals surface area contributed by atoms with Gasteiger partial charge in [-0.15, -0.1) is 0 Å². The van der Waals surface area contributed by atoms with Gasteiger partial charge >= 0.3 is 0 Å². The molecule has 0 bridgehead atoms. The molecule has 1 saturated heterocycles.